The second-order valence-corrected chi connectivity index (χ2v) is 4.23. The van der Waals surface area contributed by atoms with Crippen molar-refractivity contribution in [3.05, 3.63) is 18.2 Å². The number of anilines is 2. The number of para-hydroxylation sites is 1. The molecule has 4 N–H and O–H groups in total. The third-order valence-corrected chi connectivity index (χ3v) is 2.97. The Labute approximate surface area is 97.3 Å². The first-order valence-corrected chi connectivity index (χ1v) is 5.41. The fraction of sp³-hybridized carbons (Fsp3) is 0.364. The van der Waals surface area contributed by atoms with Crippen molar-refractivity contribution in [3.63, 3.8) is 0 Å². The van der Waals surface area contributed by atoms with Crippen LogP contribution in [0, 0.1) is 0 Å². The van der Waals surface area contributed by atoms with Crippen molar-refractivity contribution in [3.8, 4) is 0 Å². The Kier molecular flexibility index (Phi) is 2.20. The first kappa shape index (κ1) is 10.4. The molecule has 2 atom stereocenters. The van der Waals surface area contributed by atoms with Crippen molar-refractivity contribution < 1.29 is 14.6 Å². The number of nitrogens with two attached hydrogens (primary N) is 1. The smallest absolute Gasteiger partial charge is 0.298 e. The molecule has 2 heterocycles. The maximum atomic E-state index is 9.47. The average molecular weight is 235 g/mol. The van der Waals surface area contributed by atoms with Crippen LogP contribution in [0.15, 0.2) is 22.6 Å². The van der Waals surface area contributed by atoms with Crippen molar-refractivity contribution in [2.75, 3.05) is 23.7 Å². The Hall–Kier alpha value is -1.79. The molecule has 6 heteroatoms. The molecular weight excluding hydrogens is 222 g/mol. The molecule has 0 radical (unpaired) electrons. The third kappa shape index (κ3) is 1.62. The van der Waals surface area contributed by atoms with Crippen LogP contribution in [-0.2, 0) is 0 Å². The minimum atomic E-state index is -0.762. The van der Waals surface area contributed by atoms with Crippen LogP contribution in [0.5, 0.6) is 0 Å². The molecule has 17 heavy (non-hydrogen) atoms. The SMILES string of the molecule is Nc1cccc2oc(N3CC(O)C(O)C3)nc12. The number of benzene rings is 1. The van der Waals surface area contributed by atoms with Crippen LogP contribution in [0.25, 0.3) is 11.1 Å². The number of hydrogen-bond acceptors (Lipinski definition) is 6. The van der Waals surface area contributed by atoms with Crippen LogP contribution in [0.4, 0.5) is 11.7 Å². The number of hydrogen-bond donors (Lipinski definition) is 3. The molecule has 1 aromatic heterocycles. The molecule has 0 saturated carbocycles. The van der Waals surface area contributed by atoms with Crippen LogP contribution < -0.4 is 10.6 Å². The zero-order valence-corrected chi connectivity index (χ0v) is 9.08. The highest BCUT2D eigenvalue weighted by atomic mass is 16.4. The van der Waals surface area contributed by atoms with E-state index in [0.717, 1.165) is 0 Å². The van der Waals surface area contributed by atoms with Gasteiger partial charge in [0.15, 0.2) is 5.58 Å². The molecule has 1 aromatic carbocycles. The predicted molar refractivity (Wildman–Crippen MR) is 62.6 cm³/mol. The summed E-state index contributed by atoms with van der Waals surface area (Å²) in [4.78, 5) is 5.98. The van der Waals surface area contributed by atoms with Gasteiger partial charge < -0.3 is 25.3 Å². The summed E-state index contributed by atoms with van der Waals surface area (Å²) in [6, 6.07) is 5.71. The van der Waals surface area contributed by atoms with E-state index >= 15 is 0 Å². The standard InChI is InChI=1S/C11H13N3O3/c12-6-2-1-3-9-10(6)13-11(17-9)14-4-7(15)8(16)5-14/h1-3,7-8,15-16H,4-5,12H2. The first-order chi connectivity index (χ1) is 8.15. The number of β-amino-alcohol motifs (C(OH)–C–C–N with tert-alkyl or cyclic N) is 2. The number of nitrogen functional groups attached to an aromatic ring is 1. The predicted octanol–water partition coefficient (Wildman–Crippen LogP) is -0.0482. The van der Waals surface area contributed by atoms with Crippen LogP contribution in [-0.4, -0.2) is 40.5 Å². The van der Waals surface area contributed by atoms with Gasteiger partial charge in [-0.2, -0.15) is 4.98 Å². The number of rotatable bonds is 1. The molecule has 1 aliphatic heterocycles. The number of oxazole rings is 1. The van der Waals surface area contributed by atoms with E-state index in [9.17, 15) is 10.2 Å². The molecule has 90 valence electrons. The van der Waals surface area contributed by atoms with Gasteiger partial charge in [-0.25, -0.2) is 0 Å². The maximum Gasteiger partial charge on any atom is 0.298 e. The quantitative estimate of drug-likeness (QED) is 0.600. The average Bonchev–Trinajstić information content (AvgIpc) is 2.85. The molecular formula is C11H13N3O3. The molecule has 2 aromatic rings. The van der Waals surface area contributed by atoms with Crippen molar-refractivity contribution >= 4 is 22.8 Å². The molecule has 0 bridgehead atoms. The van der Waals surface area contributed by atoms with E-state index in [4.69, 9.17) is 10.2 Å². The monoisotopic (exact) mass is 235 g/mol. The zero-order valence-electron chi connectivity index (χ0n) is 9.08. The minimum Gasteiger partial charge on any atom is -0.423 e. The molecule has 0 aliphatic carbocycles. The van der Waals surface area contributed by atoms with Crippen LogP contribution >= 0.6 is 0 Å². The van der Waals surface area contributed by atoms with E-state index in [1.165, 1.54) is 0 Å². The summed E-state index contributed by atoms with van der Waals surface area (Å²) in [5.41, 5.74) is 7.55. The van der Waals surface area contributed by atoms with Crippen LogP contribution in [0.3, 0.4) is 0 Å². The lowest BCUT2D eigenvalue weighted by molar-refractivity contribution is 0.0572. The third-order valence-electron chi connectivity index (χ3n) is 2.97. The first-order valence-electron chi connectivity index (χ1n) is 5.41. The number of fused-ring (bicyclic) bond motifs is 1. The van der Waals surface area contributed by atoms with E-state index in [0.29, 0.717) is 35.9 Å². The van der Waals surface area contributed by atoms with Gasteiger partial charge in [-0.05, 0) is 12.1 Å². The normalized spacial score (nSPS) is 24.7. The number of nitrogens with zero attached hydrogens (tertiary/aromatic N) is 2. The Morgan fingerprint density at radius 3 is 2.65 bits per heavy atom. The summed E-state index contributed by atoms with van der Waals surface area (Å²) in [7, 11) is 0. The van der Waals surface area contributed by atoms with Gasteiger partial charge in [0.25, 0.3) is 6.01 Å². The van der Waals surface area contributed by atoms with Crippen molar-refractivity contribution in [2.45, 2.75) is 12.2 Å². The van der Waals surface area contributed by atoms with E-state index in [-0.39, 0.29) is 0 Å². The van der Waals surface area contributed by atoms with Crippen LogP contribution in [0.2, 0.25) is 0 Å². The molecule has 2 unspecified atom stereocenters. The highest BCUT2D eigenvalue weighted by Crippen LogP contribution is 2.27. The summed E-state index contributed by atoms with van der Waals surface area (Å²) in [6.45, 7) is 0.627. The van der Waals surface area contributed by atoms with E-state index in [1.54, 1.807) is 23.1 Å². The van der Waals surface area contributed by atoms with E-state index in [2.05, 4.69) is 4.98 Å². The largest absolute Gasteiger partial charge is 0.423 e. The Morgan fingerprint density at radius 1 is 1.29 bits per heavy atom. The molecule has 0 spiro atoms. The Bertz CT molecular complexity index is 544. The van der Waals surface area contributed by atoms with Gasteiger partial charge in [0.05, 0.1) is 31.0 Å². The van der Waals surface area contributed by atoms with E-state index < -0.39 is 12.2 Å². The van der Waals surface area contributed by atoms with Gasteiger partial charge in [0.1, 0.15) is 5.52 Å². The summed E-state index contributed by atoms with van der Waals surface area (Å²) in [5.74, 6) is 0. The summed E-state index contributed by atoms with van der Waals surface area (Å²) >= 11 is 0. The van der Waals surface area contributed by atoms with Gasteiger partial charge in [0, 0.05) is 0 Å². The fourth-order valence-electron chi connectivity index (χ4n) is 2.02. The lowest BCUT2D eigenvalue weighted by Gasteiger charge is -2.10. The van der Waals surface area contributed by atoms with Gasteiger partial charge in [-0.1, -0.05) is 6.07 Å². The van der Waals surface area contributed by atoms with Crippen LogP contribution in [0.1, 0.15) is 0 Å². The van der Waals surface area contributed by atoms with Gasteiger partial charge in [-0.15, -0.1) is 0 Å². The molecule has 1 saturated heterocycles. The van der Waals surface area contributed by atoms with Crippen molar-refractivity contribution in [1.29, 1.82) is 0 Å². The molecule has 1 aliphatic rings. The minimum absolute atomic E-state index is 0.313. The summed E-state index contributed by atoms with van der Waals surface area (Å²) in [5, 5.41) is 18.9. The highest BCUT2D eigenvalue weighted by Gasteiger charge is 2.32. The fourth-order valence-corrected chi connectivity index (χ4v) is 2.02. The second kappa shape index (κ2) is 3.61. The number of aliphatic hydroxyl groups is 2. The maximum absolute atomic E-state index is 9.47. The van der Waals surface area contributed by atoms with Gasteiger partial charge in [0.2, 0.25) is 0 Å². The molecule has 3 rings (SSSR count). The van der Waals surface area contributed by atoms with Crippen molar-refractivity contribution in [2.24, 2.45) is 0 Å². The Morgan fingerprint density at radius 2 is 2.00 bits per heavy atom. The number of aliphatic hydroxyl groups excluding tert-OH is 2. The highest BCUT2D eigenvalue weighted by molar-refractivity contribution is 5.86. The summed E-state index contributed by atoms with van der Waals surface area (Å²) in [6.07, 6.45) is -1.52. The van der Waals surface area contributed by atoms with Crippen molar-refractivity contribution in [1.82, 2.24) is 4.98 Å². The number of aromatic nitrogens is 1. The summed E-state index contributed by atoms with van der Waals surface area (Å²) < 4.78 is 5.54. The topological polar surface area (TPSA) is 95.8 Å². The lowest BCUT2D eigenvalue weighted by Crippen LogP contribution is -2.22. The molecule has 1 fully saturated rings. The van der Waals surface area contributed by atoms with Gasteiger partial charge >= 0.3 is 0 Å². The van der Waals surface area contributed by atoms with E-state index in [1.807, 2.05) is 0 Å². The van der Waals surface area contributed by atoms with Gasteiger partial charge in [-0.3, -0.25) is 0 Å². The lowest BCUT2D eigenvalue weighted by atomic mass is 10.3. The zero-order chi connectivity index (χ0) is 12.0. The second-order valence-electron chi connectivity index (χ2n) is 4.23. The Balaban J connectivity index is 1.99. The molecule has 6 nitrogen and oxygen atoms in total. The molecule has 0 amide bonds.